The molecule has 0 aliphatic heterocycles. The van der Waals surface area contributed by atoms with Crippen molar-refractivity contribution < 1.29 is 13.2 Å². The van der Waals surface area contributed by atoms with Crippen LogP contribution in [0.15, 0.2) is 58.4 Å². The molecule has 0 radical (unpaired) electrons. The second-order valence-corrected chi connectivity index (χ2v) is 7.39. The van der Waals surface area contributed by atoms with Gasteiger partial charge in [-0.3, -0.25) is 4.99 Å². The summed E-state index contributed by atoms with van der Waals surface area (Å²) in [4.78, 5) is 4.30. The first-order valence-corrected chi connectivity index (χ1v) is 9.13. The van der Waals surface area contributed by atoms with Crippen molar-refractivity contribution in [2.45, 2.75) is 4.90 Å². The van der Waals surface area contributed by atoms with Crippen LogP contribution in [0.1, 0.15) is 0 Å². The molecular weight excluding hydrogens is 477 g/mol. The van der Waals surface area contributed by atoms with Crippen molar-refractivity contribution in [1.29, 1.82) is 0 Å². The molecule has 0 saturated heterocycles. The minimum atomic E-state index is -3.37. The summed E-state index contributed by atoms with van der Waals surface area (Å²) >= 11 is 6.02. The van der Waals surface area contributed by atoms with Crippen LogP contribution in [-0.2, 0) is 9.84 Å². The van der Waals surface area contributed by atoms with E-state index in [1.165, 1.54) is 7.11 Å². The van der Waals surface area contributed by atoms with Crippen LogP contribution in [-0.4, -0.2) is 33.8 Å². The number of aliphatic imine (C=N–C) groups is 1. The number of guanidine groups is 1. The Balaban J connectivity index is 0.00000312. The zero-order valence-electron chi connectivity index (χ0n) is 13.5. The molecule has 9 heteroatoms. The highest BCUT2D eigenvalue weighted by molar-refractivity contribution is 14.0. The van der Waals surface area contributed by atoms with E-state index in [0.717, 1.165) is 0 Å². The third-order valence-corrected chi connectivity index (χ3v) is 5.17. The predicted molar refractivity (Wildman–Crippen MR) is 112 cm³/mol. The third-order valence-electron chi connectivity index (χ3n) is 3.17. The standard InChI is InChI=1S/C16H18ClN3O3S.HI/c1-23-15-8-7-12(11-14(15)17)20-16(18)19-9-10-24(21,22)13-5-3-2-4-6-13;/h2-8,11H,9-10H2,1H3,(H3,18,19,20);1H. The lowest BCUT2D eigenvalue weighted by molar-refractivity contribution is 0.415. The molecule has 0 fully saturated rings. The number of nitrogens with zero attached hydrogens (tertiary/aromatic N) is 1. The van der Waals surface area contributed by atoms with Crippen molar-refractivity contribution in [3.05, 3.63) is 53.6 Å². The van der Waals surface area contributed by atoms with E-state index in [0.29, 0.717) is 16.5 Å². The largest absolute Gasteiger partial charge is 0.495 e. The summed E-state index contributed by atoms with van der Waals surface area (Å²) in [6, 6.07) is 13.3. The number of ether oxygens (including phenoxy) is 1. The first-order valence-electron chi connectivity index (χ1n) is 7.10. The molecule has 0 bridgehead atoms. The second kappa shape index (κ2) is 9.83. The van der Waals surface area contributed by atoms with Gasteiger partial charge >= 0.3 is 0 Å². The van der Waals surface area contributed by atoms with Gasteiger partial charge in [-0.1, -0.05) is 29.8 Å². The summed E-state index contributed by atoms with van der Waals surface area (Å²) in [5.41, 5.74) is 6.40. The molecular formula is C16H19ClIN3O3S. The molecule has 3 N–H and O–H groups in total. The van der Waals surface area contributed by atoms with E-state index < -0.39 is 9.84 Å². The Hall–Kier alpha value is -1.52. The summed E-state index contributed by atoms with van der Waals surface area (Å²) in [6.45, 7) is 0.0555. The summed E-state index contributed by atoms with van der Waals surface area (Å²) in [5.74, 6) is 0.536. The van der Waals surface area contributed by atoms with Crippen molar-refractivity contribution in [3.8, 4) is 5.75 Å². The van der Waals surface area contributed by atoms with E-state index in [2.05, 4.69) is 10.3 Å². The van der Waals surface area contributed by atoms with E-state index in [4.69, 9.17) is 22.1 Å². The molecule has 136 valence electrons. The number of hydrogen-bond acceptors (Lipinski definition) is 4. The lowest BCUT2D eigenvalue weighted by atomic mass is 10.3. The minimum absolute atomic E-state index is 0. The smallest absolute Gasteiger partial charge is 0.193 e. The number of anilines is 1. The van der Waals surface area contributed by atoms with Crippen LogP contribution < -0.4 is 15.8 Å². The molecule has 0 heterocycles. The third kappa shape index (κ3) is 6.37. The molecule has 0 unspecified atom stereocenters. The lowest BCUT2D eigenvalue weighted by Gasteiger charge is -2.08. The number of halogens is 2. The number of hydrogen-bond donors (Lipinski definition) is 2. The molecule has 2 aromatic carbocycles. The normalized spacial score (nSPS) is 11.5. The first-order chi connectivity index (χ1) is 11.4. The Kier molecular flexibility index (Phi) is 8.46. The van der Waals surface area contributed by atoms with E-state index in [1.807, 2.05) is 0 Å². The van der Waals surface area contributed by atoms with Crippen molar-refractivity contribution in [2.75, 3.05) is 24.7 Å². The van der Waals surface area contributed by atoms with Gasteiger partial charge in [0.25, 0.3) is 0 Å². The van der Waals surface area contributed by atoms with Crippen LogP contribution in [0.3, 0.4) is 0 Å². The van der Waals surface area contributed by atoms with Crippen molar-refractivity contribution in [1.82, 2.24) is 0 Å². The molecule has 25 heavy (non-hydrogen) atoms. The number of methoxy groups -OCH3 is 1. The summed E-state index contributed by atoms with van der Waals surface area (Å²) in [5, 5.41) is 3.29. The highest BCUT2D eigenvalue weighted by Crippen LogP contribution is 2.27. The molecule has 0 aliphatic rings. The Morgan fingerprint density at radius 2 is 1.92 bits per heavy atom. The zero-order valence-corrected chi connectivity index (χ0v) is 17.4. The van der Waals surface area contributed by atoms with Gasteiger partial charge in [0.1, 0.15) is 5.75 Å². The van der Waals surface area contributed by atoms with Gasteiger partial charge in [0.05, 0.1) is 29.3 Å². The summed E-state index contributed by atoms with van der Waals surface area (Å²) in [7, 11) is -1.85. The van der Waals surface area contributed by atoms with Gasteiger partial charge in [0.2, 0.25) is 0 Å². The fourth-order valence-corrected chi connectivity index (χ4v) is 3.36. The monoisotopic (exact) mass is 495 g/mol. The average Bonchev–Trinajstić information content (AvgIpc) is 2.55. The average molecular weight is 496 g/mol. The van der Waals surface area contributed by atoms with Crippen LogP contribution in [0.5, 0.6) is 5.75 Å². The first kappa shape index (κ1) is 21.5. The maximum Gasteiger partial charge on any atom is 0.193 e. The Morgan fingerprint density at radius 1 is 1.24 bits per heavy atom. The van der Waals surface area contributed by atoms with Crippen molar-refractivity contribution >= 4 is 57.1 Å². The quantitative estimate of drug-likeness (QED) is 0.365. The van der Waals surface area contributed by atoms with Gasteiger partial charge in [-0.2, -0.15) is 0 Å². The molecule has 0 aromatic heterocycles. The molecule has 2 rings (SSSR count). The fourth-order valence-electron chi connectivity index (χ4n) is 1.96. The van der Waals surface area contributed by atoms with E-state index in [9.17, 15) is 8.42 Å². The molecule has 0 atom stereocenters. The SMILES string of the molecule is COc1ccc(NC(N)=NCCS(=O)(=O)c2ccccc2)cc1Cl.I. The van der Waals surface area contributed by atoms with Crippen LogP contribution in [0.25, 0.3) is 0 Å². The van der Waals surface area contributed by atoms with Crippen LogP contribution in [0.2, 0.25) is 5.02 Å². The molecule has 6 nitrogen and oxygen atoms in total. The summed E-state index contributed by atoms with van der Waals surface area (Å²) < 4.78 is 29.3. The Morgan fingerprint density at radius 3 is 2.52 bits per heavy atom. The van der Waals surface area contributed by atoms with Crippen molar-refractivity contribution in [2.24, 2.45) is 10.7 Å². The van der Waals surface area contributed by atoms with Crippen LogP contribution in [0.4, 0.5) is 5.69 Å². The molecule has 0 saturated carbocycles. The Bertz CT molecular complexity index is 830. The van der Waals surface area contributed by atoms with Gasteiger partial charge in [-0.05, 0) is 30.3 Å². The number of benzene rings is 2. The zero-order chi connectivity index (χ0) is 17.6. The van der Waals surface area contributed by atoms with E-state index in [-0.39, 0.29) is 47.1 Å². The van der Waals surface area contributed by atoms with Crippen molar-refractivity contribution in [3.63, 3.8) is 0 Å². The maximum absolute atomic E-state index is 12.1. The predicted octanol–water partition coefficient (Wildman–Crippen LogP) is 3.17. The highest BCUT2D eigenvalue weighted by Gasteiger charge is 2.13. The number of nitrogens with two attached hydrogens (primary N) is 1. The van der Waals surface area contributed by atoms with E-state index >= 15 is 0 Å². The second-order valence-electron chi connectivity index (χ2n) is 4.87. The van der Waals surface area contributed by atoms with E-state index in [1.54, 1.807) is 48.5 Å². The Labute approximate surface area is 169 Å². The number of nitrogens with one attached hydrogen (secondary N) is 1. The highest BCUT2D eigenvalue weighted by atomic mass is 127. The van der Waals surface area contributed by atoms with Crippen LogP contribution >= 0.6 is 35.6 Å². The minimum Gasteiger partial charge on any atom is -0.495 e. The fraction of sp³-hybridized carbons (Fsp3) is 0.188. The van der Waals surface area contributed by atoms with Gasteiger partial charge in [0, 0.05) is 5.69 Å². The number of rotatable bonds is 6. The molecule has 0 aliphatic carbocycles. The topological polar surface area (TPSA) is 93.8 Å². The molecule has 0 amide bonds. The number of sulfone groups is 1. The van der Waals surface area contributed by atoms with Gasteiger partial charge in [0.15, 0.2) is 15.8 Å². The van der Waals surface area contributed by atoms with Crippen LogP contribution in [0, 0.1) is 0 Å². The van der Waals surface area contributed by atoms with Gasteiger partial charge < -0.3 is 15.8 Å². The molecule has 0 spiro atoms. The van der Waals surface area contributed by atoms with Gasteiger partial charge in [-0.25, -0.2) is 8.42 Å². The lowest BCUT2D eigenvalue weighted by Crippen LogP contribution is -2.24. The molecule has 2 aromatic rings. The maximum atomic E-state index is 12.1. The van der Waals surface area contributed by atoms with Gasteiger partial charge in [-0.15, -0.1) is 24.0 Å². The summed E-state index contributed by atoms with van der Waals surface area (Å²) in [6.07, 6.45) is 0.